The molecule has 0 aliphatic carbocycles. The molecule has 6 rings (SSSR count). The number of nitrogens with one attached hydrogen (secondary N) is 2. The Labute approximate surface area is 236 Å². The van der Waals surface area contributed by atoms with Crippen LogP contribution < -0.4 is 15.9 Å². The summed E-state index contributed by atoms with van der Waals surface area (Å²) in [6.07, 6.45) is 0. The lowest BCUT2D eigenvalue weighted by atomic mass is 9.85. The van der Waals surface area contributed by atoms with Crippen LogP contribution in [0.25, 0.3) is 21.8 Å². The molecule has 7 nitrogen and oxygen atoms in total. The van der Waals surface area contributed by atoms with E-state index in [0.717, 1.165) is 38.7 Å². The van der Waals surface area contributed by atoms with Crippen molar-refractivity contribution in [2.45, 2.75) is 77.8 Å². The van der Waals surface area contributed by atoms with E-state index in [2.05, 4.69) is 43.7 Å². The average molecular weight is 551 g/mol. The summed E-state index contributed by atoms with van der Waals surface area (Å²) in [5.74, 6) is 0.824. The molecular weight excluding hydrogens is 513 g/mol. The summed E-state index contributed by atoms with van der Waals surface area (Å²) < 4.78 is 29.5. The fraction of sp³-hybridized carbons (Fsp3) is 0.448. The molecule has 206 valence electrons. The smallest absolute Gasteiger partial charge is 0.495 e. The minimum absolute atomic E-state index is 0.334. The number of aromatic amines is 2. The Balaban J connectivity index is 0.000000158. The zero-order chi connectivity index (χ0) is 28.4. The van der Waals surface area contributed by atoms with Crippen LogP contribution in [-0.4, -0.2) is 53.7 Å². The Morgan fingerprint density at radius 3 is 1.49 bits per heavy atom. The Bertz CT molecular complexity index is 1480. The van der Waals surface area contributed by atoms with E-state index in [1.807, 2.05) is 70.2 Å². The molecule has 2 aliphatic rings. The summed E-state index contributed by atoms with van der Waals surface area (Å²) in [6.45, 7) is 16.4. The van der Waals surface area contributed by atoms with E-state index in [1.54, 1.807) is 7.11 Å². The summed E-state index contributed by atoms with van der Waals surface area (Å²) in [4.78, 5) is 6.66. The number of hydrogen-bond acceptors (Lipinski definition) is 5. The molecule has 0 radical (unpaired) electrons. The van der Waals surface area contributed by atoms with E-state index < -0.39 is 0 Å². The van der Waals surface area contributed by atoms with Crippen LogP contribution in [0.4, 0.5) is 0 Å². The number of para-hydroxylation sites is 2. The van der Waals surface area contributed by atoms with E-state index in [9.17, 15) is 0 Å². The lowest BCUT2D eigenvalue weighted by Crippen LogP contribution is -2.41. The van der Waals surface area contributed by atoms with Gasteiger partial charge in [0.25, 0.3) is 0 Å². The SMILES string of the molecule is CC1(C)OB(c2cc3cccc(Cl)c3[nH]2)OC1(C)C.COc1cccc2cc(B3OC(C)(C)C(C)(C)O3)[nH]c12. The van der Waals surface area contributed by atoms with Gasteiger partial charge < -0.3 is 33.3 Å². The molecule has 4 aromatic rings. The second-order valence-electron chi connectivity index (χ2n) is 12.3. The Kier molecular flexibility index (Phi) is 6.92. The molecule has 2 fully saturated rings. The van der Waals surface area contributed by atoms with Crippen molar-refractivity contribution in [3.8, 4) is 5.75 Å². The molecule has 10 heteroatoms. The largest absolute Gasteiger partial charge is 0.512 e. The number of fused-ring (bicyclic) bond motifs is 2. The van der Waals surface area contributed by atoms with Crippen LogP contribution in [0.3, 0.4) is 0 Å². The first kappa shape index (κ1) is 28.1. The van der Waals surface area contributed by atoms with Gasteiger partial charge >= 0.3 is 14.2 Å². The van der Waals surface area contributed by atoms with Crippen LogP contribution in [0.1, 0.15) is 55.4 Å². The Hall–Kier alpha value is -2.42. The fourth-order valence-corrected chi connectivity index (χ4v) is 4.88. The molecule has 0 saturated carbocycles. The normalized spacial score (nSPS) is 20.9. The van der Waals surface area contributed by atoms with Crippen LogP contribution in [-0.2, 0) is 18.6 Å². The zero-order valence-electron chi connectivity index (χ0n) is 24.2. The number of halogens is 1. The summed E-state index contributed by atoms with van der Waals surface area (Å²) in [5, 5.41) is 2.87. The van der Waals surface area contributed by atoms with E-state index in [0.29, 0.717) is 5.02 Å². The number of benzene rings is 2. The van der Waals surface area contributed by atoms with Crippen LogP contribution in [0.5, 0.6) is 5.75 Å². The predicted octanol–water partition coefficient (Wildman–Crippen LogP) is 5.60. The standard InChI is InChI=1S/C15H20BNO3.C14H17BClNO2/c1-14(2)15(3,4)20-16(19-14)12-9-10-7-6-8-11(18-5)13(10)17-12;1-13(2)14(3,4)19-15(18-13)11-8-9-6-5-7-10(16)12(9)17-11/h6-9,17H,1-5H3;5-8,17H,1-4H3. The molecule has 2 aromatic heterocycles. The average Bonchev–Trinajstić information content (AvgIpc) is 3.56. The van der Waals surface area contributed by atoms with Gasteiger partial charge in [0.2, 0.25) is 0 Å². The molecule has 0 atom stereocenters. The van der Waals surface area contributed by atoms with E-state index in [4.69, 9.17) is 35.0 Å². The first-order valence-corrected chi connectivity index (χ1v) is 13.7. The van der Waals surface area contributed by atoms with Gasteiger partial charge in [-0.2, -0.15) is 0 Å². The highest BCUT2D eigenvalue weighted by molar-refractivity contribution is 6.62. The van der Waals surface area contributed by atoms with Crippen molar-refractivity contribution in [2.75, 3.05) is 7.11 Å². The minimum Gasteiger partial charge on any atom is -0.495 e. The van der Waals surface area contributed by atoms with Gasteiger partial charge in [0.05, 0.1) is 45.6 Å². The highest BCUT2D eigenvalue weighted by Gasteiger charge is 2.53. The number of H-pyrrole nitrogens is 2. The van der Waals surface area contributed by atoms with Gasteiger partial charge in [0, 0.05) is 22.0 Å². The van der Waals surface area contributed by atoms with Crippen LogP contribution in [0, 0.1) is 0 Å². The third-order valence-electron chi connectivity index (χ3n) is 8.50. The molecule has 4 heterocycles. The van der Waals surface area contributed by atoms with Gasteiger partial charge in [-0.1, -0.05) is 35.9 Å². The summed E-state index contributed by atoms with van der Waals surface area (Å²) in [6, 6.07) is 15.9. The molecule has 0 unspecified atom stereocenters. The van der Waals surface area contributed by atoms with E-state index in [1.165, 1.54) is 0 Å². The number of methoxy groups -OCH3 is 1. The Morgan fingerprint density at radius 1 is 0.641 bits per heavy atom. The summed E-state index contributed by atoms with van der Waals surface area (Å²) in [5.41, 5.74) is 2.38. The van der Waals surface area contributed by atoms with Gasteiger partial charge in [0.1, 0.15) is 5.75 Å². The highest BCUT2D eigenvalue weighted by atomic mass is 35.5. The molecule has 2 saturated heterocycles. The number of ether oxygens (including phenoxy) is 1. The quantitative estimate of drug-likeness (QED) is 0.325. The van der Waals surface area contributed by atoms with Gasteiger partial charge in [-0.15, -0.1) is 0 Å². The Morgan fingerprint density at radius 2 is 1.05 bits per heavy atom. The minimum atomic E-state index is -0.381. The van der Waals surface area contributed by atoms with Crippen molar-refractivity contribution < 1.29 is 23.4 Å². The van der Waals surface area contributed by atoms with Crippen molar-refractivity contribution in [1.29, 1.82) is 0 Å². The summed E-state index contributed by atoms with van der Waals surface area (Å²) in [7, 11) is 0.912. The van der Waals surface area contributed by atoms with Gasteiger partial charge in [-0.3, -0.25) is 0 Å². The monoisotopic (exact) mass is 550 g/mol. The highest BCUT2D eigenvalue weighted by Crippen LogP contribution is 2.38. The number of aromatic nitrogens is 2. The molecule has 0 amide bonds. The second kappa shape index (κ2) is 9.60. The number of rotatable bonds is 3. The fourth-order valence-electron chi connectivity index (χ4n) is 4.66. The van der Waals surface area contributed by atoms with Crippen molar-refractivity contribution >= 4 is 58.8 Å². The van der Waals surface area contributed by atoms with E-state index >= 15 is 0 Å². The van der Waals surface area contributed by atoms with Gasteiger partial charge in [-0.25, -0.2) is 0 Å². The molecule has 2 aliphatic heterocycles. The molecule has 2 N–H and O–H groups in total. The van der Waals surface area contributed by atoms with Crippen molar-refractivity contribution in [2.24, 2.45) is 0 Å². The van der Waals surface area contributed by atoms with E-state index in [-0.39, 0.29) is 36.6 Å². The maximum absolute atomic E-state index is 6.18. The van der Waals surface area contributed by atoms with Crippen molar-refractivity contribution in [1.82, 2.24) is 9.97 Å². The molecular formula is C29H37B2ClN2O5. The van der Waals surface area contributed by atoms with Crippen LogP contribution in [0.15, 0.2) is 48.5 Å². The van der Waals surface area contributed by atoms with Gasteiger partial charge in [-0.05, 0) is 79.7 Å². The van der Waals surface area contributed by atoms with Crippen LogP contribution >= 0.6 is 11.6 Å². The lowest BCUT2D eigenvalue weighted by Gasteiger charge is -2.32. The lowest BCUT2D eigenvalue weighted by molar-refractivity contribution is 0.00578. The van der Waals surface area contributed by atoms with Crippen LogP contribution in [0.2, 0.25) is 5.02 Å². The first-order chi connectivity index (χ1) is 18.1. The third kappa shape index (κ3) is 5.00. The maximum atomic E-state index is 6.18. The summed E-state index contributed by atoms with van der Waals surface area (Å²) >= 11 is 6.18. The van der Waals surface area contributed by atoms with Crippen molar-refractivity contribution in [3.05, 3.63) is 53.6 Å². The topological polar surface area (TPSA) is 77.7 Å². The van der Waals surface area contributed by atoms with Crippen molar-refractivity contribution in [3.63, 3.8) is 0 Å². The molecule has 0 bridgehead atoms. The predicted molar refractivity (Wildman–Crippen MR) is 160 cm³/mol. The number of hydrogen-bond donors (Lipinski definition) is 2. The first-order valence-electron chi connectivity index (χ1n) is 13.3. The molecule has 0 spiro atoms. The van der Waals surface area contributed by atoms with Gasteiger partial charge in [0.15, 0.2) is 0 Å². The second-order valence-corrected chi connectivity index (χ2v) is 12.7. The molecule has 39 heavy (non-hydrogen) atoms. The zero-order valence-corrected chi connectivity index (χ0v) is 24.9. The third-order valence-corrected chi connectivity index (χ3v) is 8.81. The molecule has 2 aromatic carbocycles. The maximum Gasteiger partial charge on any atom is 0.512 e.